The molecule has 5 nitrogen and oxygen atoms in total. The van der Waals surface area contributed by atoms with Gasteiger partial charge in [0.1, 0.15) is 5.82 Å². The van der Waals surface area contributed by atoms with Gasteiger partial charge in [-0.05, 0) is 31.4 Å². The number of hydrogen-bond acceptors (Lipinski definition) is 5. The predicted octanol–water partition coefficient (Wildman–Crippen LogP) is 3.52. The lowest BCUT2D eigenvalue weighted by molar-refractivity contribution is 0.0821. The summed E-state index contributed by atoms with van der Waals surface area (Å²) in [4.78, 5) is 9.36. The van der Waals surface area contributed by atoms with E-state index in [9.17, 15) is 4.39 Å². The first-order chi connectivity index (χ1) is 11.9. The molecule has 6 heteroatoms. The highest BCUT2D eigenvalue weighted by molar-refractivity contribution is 5.54. The number of benzene rings is 1. The summed E-state index contributed by atoms with van der Waals surface area (Å²) < 4.78 is 19.2. The highest BCUT2D eigenvalue weighted by Gasteiger charge is 2.26. The smallest absolute Gasteiger partial charge is 0.244 e. The van der Waals surface area contributed by atoms with Crippen molar-refractivity contribution < 1.29 is 8.91 Å². The summed E-state index contributed by atoms with van der Waals surface area (Å²) in [6, 6.07) is 5.08. The lowest BCUT2D eigenvalue weighted by atomic mass is 10.1. The number of nitrogens with zero attached hydrogens (tertiary/aromatic N) is 4. The van der Waals surface area contributed by atoms with Crippen LogP contribution in [0.4, 0.5) is 4.39 Å². The van der Waals surface area contributed by atoms with Crippen LogP contribution in [0.15, 0.2) is 22.7 Å². The highest BCUT2D eigenvalue weighted by Crippen LogP contribution is 2.24. The molecule has 0 amide bonds. The van der Waals surface area contributed by atoms with Crippen LogP contribution in [0.1, 0.15) is 38.3 Å². The first kappa shape index (κ1) is 18.0. The van der Waals surface area contributed by atoms with Crippen molar-refractivity contribution in [3.05, 3.63) is 35.5 Å². The fraction of sp³-hybridized carbons (Fsp3) is 0.579. The molecule has 1 aliphatic heterocycles. The molecular weight excluding hydrogens is 319 g/mol. The number of rotatable bonds is 5. The van der Waals surface area contributed by atoms with E-state index in [2.05, 4.69) is 40.7 Å². The molecule has 0 saturated carbocycles. The van der Waals surface area contributed by atoms with Gasteiger partial charge in [-0.3, -0.25) is 4.90 Å². The molecule has 0 bridgehead atoms. The van der Waals surface area contributed by atoms with E-state index in [0.29, 0.717) is 28.8 Å². The average Bonchev–Trinajstić information content (AvgIpc) is 3.07. The SMILES string of the molecule is Cc1ccc(-c2noc(C(C)N3CCN(CC(C)C)CC3)n2)cc1F. The van der Waals surface area contributed by atoms with Crippen LogP contribution in [-0.2, 0) is 0 Å². The lowest BCUT2D eigenvalue weighted by Gasteiger charge is -2.37. The van der Waals surface area contributed by atoms with Gasteiger partial charge in [-0.1, -0.05) is 31.1 Å². The summed E-state index contributed by atoms with van der Waals surface area (Å²) in [7, 11) is 0. The van der Waals surface area contributed by atoms with Crippen molar-refractivity contribution in [1.29, 1.82) is 0 Å². The maximum Gasteiger partial charge on any atom is 0.244 e. The Balaban J connectivity index is 1.65. The average molecular weight is 346 g/mol. The van der Waals surface area contributed by atoms with Crippen molar-refractivity contribution in [1.82, 2.24) is 19.9 Å². The summed E-state index contributed by atoms with van der Waals surface area (Å²) in [5.41, 5.74) is 1.26. The zero-order valence-corrected chi connectivity index (χ0v) is 15.5. The zero-order chi connectivity index (χ0) is 18.0. The molecule has 2 aromatic rings. The molecule has 136 valence electrons. The first-order valence-electron chi connectivity index (χ1n) is 9.00. The first-order valence-corrected chi connectivity index (χ1v) is 9.00. The minimum Gasteiger partial charge on any atom is -0.337 e. The largest absolute Gasteiger partial charge is 0.337 e. The summed E-state index contributed by atoms with van der Waals surface area (Å²) in [5, 5.41) is 4.04. The van der Waals surface area contributed by atoms with Crippen molar-refractivity contribution in [3.63, 3.8) is 0 Å². The summed E-state index contributed by atoms with van der Waals surface area (Å²) >= 11 is 0. The Morgan fingerprint density at radius 1 is 1.16 bits per heavy atom. The van der Waals surface area contributed by atoms with Gasteiger partial charge in [0, 0.05) is 38.3 Å². The summed E-state index contributed by atoms with van der Waals surface area (Å²) in [6.07, 6.45) is 0. The molecule has 3 rings (SSSR count). The van der Waals surface area contributed by atoms with Gasteiger partial charge in [0.15, 0.2) is 0 Å². The molecule has 1 saturated heterocycles. The van der Waals surface area contributed by atoms with Gasteiger partial charge >= 0.3 is 0 Å². The minimum atomic E-state index is -0.252. The van der Waals surface area contributed by atoms with Gasteiger partial charge < -0.3 is 9.42 Å². The maximum atomic E-state index is 13.7. The number of hydrogen-bond donors (Lipinski definition) is 0. The van der Waals surface area contributed by atoms with Gasteiger partial charge in [0.2, 0.25) is 11.7 Å². The molecule has 1 aromatic carbocycles. The Kier molecular flexibility index (Phi) is 5.49. The third-order valence-corrected chi connectivity index (χ3v) is 4.81. The Labute approximate surface area is 148 Å². The van der Waals surface area contributed by atoms with Crippen molar-refractivity contribution in [2.24, 2.45) is 5.92 Å². The summed E-state index contributed by atoms with van der Waals surface area (Å²) in [6.45, 7) is 13.6. The molecule has 2 heterocycles. The van der Waals surface area contributed by atoms with Crippen LogP contribution in [0.25, 0.3) is 11.4 Å². The number of aromatic nitrogens is 2. The van der Waals surface area contributed by atoms with E-state index in [1.165, 1.54) is 6.07 Å². The van der Waals surface area contributed by atoms with E-state index in [4.69, 9.17) is 4.52 Å². The molecule has 1 aromatic heterocycles. The van der Waals surface area contributed by atoms with E-state index in [1.54, 1.807) is 13.0 Å². The van der Waals surface area contributed by atoms with Gasteiger partial charge in [-0.25, -0.2) is 4.39 Å². The minimum absolute atomic E-state index is 0.0674. The van der Waals surface area contributed by atoms with Crippen molar-refractivity contribution in [2.75, 3.05) is 32.7 Å². The van der Waals surface area contributed by atoms with Crippen LogP contribution in [0.2, 0.25) is 0 Å². The molecule has 0 radical (unpaired) electrons. The topological polar surface area (TPSA) is 45.4 Å². The molecule has 25 heavy (non-hydrogen) atoms. The molecule has 0 aliphatic carbocycles. The monoisotopic (exact) mass is 346 g/mol. The number of piperazine rings is 1. The van der Waals surface area contributed by atoms with Gasteiger partial charge in [-0.2, -0.15) is 4.98 Å². The molecular formula is C19H27FN4O. The molecule has 1 aliphatic rings. The predicted molar refractivity (Wildman–Crippen MR) is 95.7 cm³/mol. The Morgan fingerprint density at radius 3 is 2.52 bits per heavy atom. The van der Waals surface area contributed by atoms with Crippen LogP contribution in [0, 0.1) is 18.7 Å². The van der Waals surface area contributed by atoms with Gasteiger partial charge in [0.05, 0.1) is 6.04 Å². The fourth-order valence-corrected chi connectivity index (χ4v) is 3.26. The highest BCUT2D eigenvalue weighted by atomic mass is 19.1. The second-order valence-electron chi connectivity index (χ2n) is 7.33. The van der Waals surface area contributed by atoms with Crippen LogP contribution in [-0.4, -0.2) is 52.7 Å². The molecule has 0 spiro atoms. The Morgan fingerprint density at radius 2 is 1.88 bits per heavy atom. The van der Waals surface area contributed by atoms with Crippen molar-refractivity contribution in [3.8, 4) is 11.4 Å². The molecule has 0 N–H and O–H groups in total. The van der Waals surface area contributed by atoms with E-state index < -0.39 is 0 Å². The lowest BCUT2D eigenvalue weighted by Crippen LogP contribution is -2.48. The number of halogens is 1. The standard InChI is InChI=1S/C19H27FN4O/c1-13(2)12-23-7-9-24(10-8-23)15(4)19-21-18(22-25-19)16-6-5-14(3)17(20)11-16/h5-6,11,13,15H,7-10,12H2,1-4H3. The quantitative estimate of drug-likeness (QED) is 0.829. The zero-order valence-electron chi connectivity index (χ0n) is 15.5. The van der Waals surface area contributed by atoms with Crippen LogP contribution in [0.3, 0.4) is 0 Å². The normalized spacial score (nSPS) is 18.0. The Hall–Kier alpha value is -1.79. The second kappa shape index (κ2) is 7.62. The maximum absolute atomic E-state index is 13.7. The van der Waals surface area contributed by atoms with E-state index >= 15 is 0 Å². The second-order valence-corrected chi connectivity index (χ2v) is 7.33. The van der Waals surface area contributed by atoms with E-state index in [0.717, 1.165) is 32.7 Å². The van der Waals surface area contributed by atoms with Crippen LogP contribution in [0.5, 0.6) is 0 Å². The summed E-state index contributed by atoms with van der Waals surface area (Å²) in [5.74, 6) is 1.48. The Bertz CT molecular complexity index is 707. The van der Waals surface area contributed by atoms with Crippen molar-refractivity contribution in [2.45, 2.75) is 33.7 Å². The van der Waals surface area contributed by atoms with Gasteiger partial charge in [0.25, 0.3) is 0 Å². The molecule has 1 fully saturated rings. The van der Waals surface area contributed by atoms with E-state index in [1.807, 2.05) is 6.07 Å². The van der Waals surface area contributed by atoms with Crippen molar-refractivity contribution >= 4 is 0 Å². The third-order valence-electron chi connectivity index (χ3n) is 4.81. The fourth-order valence-electron chi connectivity index (χ4n) is 3.26. The molecule has 1 unspecified atom stereocenters. The van der Waals surface area contributed by atoms with E-state index in [-0.39, 0.29) is 11.9 Å². The molecule has 1 atom stereocenters. The number of aryl methyl sites for hydroxylation is 1. The van der Waals surface area contributed by atoms with Crippen LogP contribution >= 0.6 is 0 Å². The van der Waals surface area contributed by atoms with Crippen LogP contribution < -0.4 is 0 Å². The third kappa shape index (κ3) is 4.25. The van der Waals surface area contributed by atoms with Gasteiger partial charge in [-0.15, -0.1) is 0 Å².